The van der Waals surface area contributed by atoms with Crippen LogP contribution in [0.4, 0.5) is 28.4 Å². The molecule has 0 aliphatic carbocycles. The van der Waals surface area contributed by atoms with E-state index in [1.807, 2.05) is 0 Å². The minimum absolute atomic E-state index is 0.181. The number of halogens is 3. The molecule has 2 N–H and O–H groups in total. The monoisotopic (exact) mass is 460 g/mol. The third-order valence-electron chi connectivity index (χ3n) is 4.60. The number of alkyl halides is 3. The SMILES string of the molecule is CCN(CC)CCCN(CCNC(=O)OC(C)(C)C)C(=O)Nc1ccc(C(F)(F)F)cc1. The Bertz CT molecular complexity index is 715. The number of nitrogens with zero attached hydrogens (tertiary/aromatic N) is 2. The first kappa shape index (κ1) is 27.5. The van der Waals surface area contributed by atoms with E-state index in [4.69, 9.17) is 4.74 Å². The van der Waals surface area contributed by atoms with Gasteiger partial charge in [-0.15, -0.1) is 0 Å². The summed E-state index contributed by atoms with van der Waals surface area (Å²) in [5.74, 6) is 0. The molecule has 0 aliphatic heterocycles. The van der Waals surface area contributed by atoms with Gasteiger partial charge in [-0.1, -0.05) is 13.8 Å². The number of hydrogen-bond acceptors (Lipinski definition) is 4. The van der Waals surface area contributed by atoms with E-state index < -0.39 is 29.5 Å². The van der Waals surface area contributed by atoms with Gasteiger partial charge in [0.2, 0.25) is 0 Å². The van der Waals surface area contributed by atoms with Crippen LogP contribution in [0, 0.1) is 0 Å². The van der Waals surface area contributed by atoms with Gasteiger partial charge in [0.15, 0.2) is 0 Å². The van der Waals surface area contributed by atoms with Gasteiger partial charge in [-0.3, -0.25) is 0 Å². The molecule has 10 heteroatoms. The molecule has 0 bridgehead atoms. The minimum Gasteiger partial charge on any atom is -0.444 e. The van der Waals surface area contributed by atoms with Crippen LogP contribution in [0.5, 0.6) is 0 Å². The zero-order valence-corrected chi connectivity index (χ0v) is 19.5. The number of amides is 3. The van der Waals surface area contributed by atoms with Gasteiger partial charge in [0, 0.05) is 25.3 Å². The average Bonchev–Trinajstić information content (AvgIpc) is 2.68. The van der Waals surface area contributed by atoms with Crippen molar-refractivity contribution >= 4 is 17.8 Å². The molecule has 0 fully saturated rings. The standard InChI is InChI=1S/C22H35F3N4O3/c1-6-28(7-2)14-8-15-29(16-13-26-20(31)32-21(3,4)5)19(30)27-18-11-9-17(10-12-18)22(23,24)25/h9-12H,6-8,13-16H2,1-5H3,(H,26,31)(H,27,30). The van der Waals surface area contributed by atoms with Crippen molar-refractivity contribution in [2.24, 2.45) is 0 Å². The lowest BCUT2D eigenvalue weighted by atomic mass is 10.2. The number of ether oxygens (including phenoxy) is 1. The Morgan fingerprint density at radius 1 is 0.969 bits per heavy atom. The Morgan fingerprint density at radius 3 is 2.06 bits per heavy atom. The fourth-order valence-electron chi connectivity index (χ4n) is 2.89. The van der Waals surface area contributed by atoms with E-state index in [0.29, 0.717) is 13.0 Å². The lowest BCUT2D eigenvalue weighted by Crippen LogP contribution is -2.43. The number of benzene rings is 1. The Kier molecular flexibility index (Phi) is 10.8. The maximum absolute atomic E-state index is 12.7. The Balaban J connectivity index is 2.72. The van der Waals surface area contributed by atoms with Crippen molar-refractivity contribution in [1.82, 2.24) is 15.1 Å². The number of alkyl carbamates (subject to hydrolysis) is 1. The zero-order chi connectivity index (χ0) is 24.4. The first-order chi connectivity index (χ1) is 14.9. The summed E-state index contributed by atoms with van der Waals surface area (Å²) in [4.78, 5) is 28.3. The van der Waals surface area contributed by atoms with Gasteiger partial charge in [0.1, 0.15) is 5.60 Å². The van der Waals surface area contributed by atoms with Gasteiger partial charge in [0.05, 0.1) is 5.56 Å². The van der Waals surface area contributed by atoms with Crippen LogP contribution < -0.4 is 10.6 Å². The lowest BCUT2D eigenvalue weighted by Gasteiger charge is -2.26. The largest absolute Gasteiger partial charge is 0.444 e. The van der Waals surface area contributed by atoms with Crippen LogP contribution in [0.15, 0.2) is 24.3 Å². The highest BCUT2D eigenvalue weighted by molar-refractivity contribution is 5.89. The number of rotatable bonds is 10. The summed E-state index contributed by atoms with van der Waals surface area (Å²) < 4.78 is 43.4. The molecule has 1 aromatic carbocycles. The normalized spacial score (nSPS) is 11.9. The van der Waals surface area contributed by atoms with Crippen LogP contribution in [-0.2, 0) is 10.9 Å². The van der Waals surface area contributed by atoms with E-state index in [2.05, 4.69) is 29.4 Å². The van der Waals surface area contributed by atoms with Crippen molar-refractivity contribution in [2.75, 3.05) is 44.6 Å². The second-order valence-electron chi connectivity index (χ2n) is 8.30. The maximum atomic E-state index is 12.7. The first-order valence-electron chi connectivity index (χ1n) is 10.8. The molecule has 1 aromatic rings. The van der Waals surface area contributed by atoms with Gasteiger partial charge in [-0.05, 0) is 71.1 Å². The van der Waals surface area contributed by atoms with E-state index in [0.717, 1.165) is 31.8 Å². The van der Waals surface area contributed by atoms with Gasteiger partial charge in [-0.25, -0.2) is 9.59 Å². The van der Waals surface area contributed by atoms with Gasteiger partial charge >= 0.3 is 18.3 Å². The van der Waals surface area contributed by atoms with Crippen LogP contribution >= 0.6 is 0 Å². The second-order valence-corrected chi connectivity index (χ2v) is 8.30. The topological polar surface area (TPSA) is 73.9 Å². The predicted octanol–water partition coefficient (Wildman–Crippen LogP) is 4.80. The molecule has 0 saturated carbocycles. The summed E-state index contributed by atoms with van der Waals surface area (Å²) in [5.41, 5.74) is -1.15. The first-order valence-corrected chi connectivity index (χ1v) is 10.8. The Labute approximate surface area is 188 Å². The molecule has 0 aliphatic rings. The van der Waals surface area contributed by atoms with Crippen molar-refractivity contribution in [1.29, 1.82) is 0 Å². The molecule has 0 atom stereocenters. The van der Waals surface area contributed by atoms with E-state index in [9.17, 15) is 22.8 Å². The number of carbonyl (C=O) groups is 2. The molecule has 0 radical (unpaired) electrons. The molecule has 0 saturated heterocycles. The average molecular weight is 461 g/mol. The highest BCUT2D eigenvalue weighted by Gasteiger charge is 2.30. The highest BCUT2D eigenvalue weighted by atomic mass is 19.4. The van der Waals surface area contributed by atoms with Crippen molar-refractivity contribution in [2.45, 2.75) is 52.8 Å². The second kappa shape index (κ2) is 12.5. The fourth-order valence-corrected chi connectivity index (χ4v) is 2.89. The molecule has 0 heterocycles. The quantitative estimate of drug-likeness (QED) is 0.526. The van der Waals surface area contributed by atoms with Crippen LogP contribution in [0.2, 0.25) is 0 Å². The number of nitrogens with one attached hydrogen (secondary N) is 2. The highest BCUT2D eigenvalue weighted by Crippen LogP contribution is 2.29. The van der Waals surface area contributed by atoms with Crippen molar-refractivity contribution in [3.63, 3.8) is 0 Å². The summed E-state index contributed by atoms with van der Waals surface area (Å²) >= 11 is 0. The predicted molar refractivity (Wildman–Crippen MR) is 119 cm³/mol. The zero-order valence-electron chi connectivity index (χ0n) is 19.5. The molecule has 0 aromatic heterocycles. The van der Waals surface area contributed by atoms with E-state index in [-0.39, 0.29) is 18.8 Å². The number of anilines is 1. The number of urea groups is 1. The molecule has 182 valence electrons. The maximum Gasteiger partial charge on any atom is 0.416 e. The molecule has 3 amide bonds. The van der Waals surface area contributed by atoms with Crippen molar-refractivity contribution in [3.05, 3.63) is 29.8 Å². The van der Waals surface area contributed by atoms with Crippen molar-refractivity contribution < 1.29 is 27.5 Å². The van der Waals surface area contributed by atoms with Crippen LogP contribution in [0.25, 0.3) is 0 Å². The van der Waals surface area contributed by atoms with Crippen LogP contribution in [0.1, 0.15) is 46.6 Å². The van der Waals surface area contributed by atoms with Gasteiger partial charge in [-0.2, -0.15) is 13.2 Å². The molecule has 0 unspecified atom stereocenters. The fraction of sp³-hybridized carbons (Fsp3) is 0.636. The Hall–Kier alpha value is -2.49. The van der Waals surface area contributed by atoms with Crippen LogP contribution in [-0.4, -0.2) is 66.8 Å². The molecule has 32 heavy (non-hydrogen) atoms. The Morgan fingerprint density at radius 2 is 1.56 bits per heavy atom. The van der Waals surface area contributed by atoms with E-state index >= 15 is 0 Å². The van der Waals surface area contributed by atoms with Crippen LogP contribution in [0.3, 0.4) is 0 Å². The van der Waals surface area contributed by atoms with E-state index in [1.165, 1.54) is 17.0 Å². The van der Waals surface area contributed by atoms with Crippen molar-refractivity contribution in [3.8, 4) is 0 Å². The summed E-state index contributed by atoms with van der Waals surface area (Å²) in [6, 6.07) is 3.83. The summed E-state index contributed by atoms with van der Waals surface area (Å²) in [6.07, 6.45) is -4.30. The number of carbonyl (C=O) groups excluding carboxylic acids is 2. The molecule has 7 nitrogen and oxygen atoms in total. The molecular formula is C22H35F3N4O3. The smallest absolute Gasteiger partial charge is 0.416 e. The third-order valence-corrected chi connectivity index (χ3v) is 4.60. The molecular weight excluding hydrogens is 425 g/mol. The summed E-state index contributed by atoms with van der Waals surface area (Å²) in [7, 11) is 0. The van der Waals surface area contributed by atoms with E-state index in [1.54, 1.807) is 20.8 Å². The summed E-state index contributed by atoms with van der Waals surface area (Å²) in [5, 5.41) is 5.24. The number of hydrogen-bond donors (Lipinski definition) is 2. The third kappa shape index (κ3) is 10.7. The van der Waals surface area contributed by atoms with Gasteiger partial charge in [0.25, 0.3) is 0 Å². The summed E-state index contributed by atoms with van der Waals surface area (Å²) in [6.45, 7) is 12.8. The molecule has 1 rings (SSSR count). The van der Waals surface area contributed by atoms with Gasteiger partial charge < -0.3 is 25.2 Å². The molecule has 0 spiro atoms. The lowest BCUT2D eigenvalue weighted by molar-refractivity contribution is -0.137. The minimum atomic E-state index is -4.44.